The van der Waals surface area contributed by atoms with E-state index in [9.17, 15) is 4.79 Å². The molecule has 0 atom stereocenters. The van der Waals surface area contributed by atoms with Gasteiger partial charge in [0, 0.05) is 19.3 Å². The Labute approximate surface area is 128 Å². The molecule has 1 heterocycles. The fraction of sp³-hybridized carbons (Fsp3) is 0.611. The van der Waals surface area contributed by atoms with Gasteiger partial charge in [0.05, 0.1) is 0 Å². The molecule has 0 aromatic heterocycles. The highest BCUT2D eigenvalue weighted by Gasteiger charge is 2.22. The lowest BCUT2D eigenvalue weighted by Gasteiger charge is -1.97. The Balaban J connectivity index is 1.94. The van der Waals surface area contributed by atoms with Crippen LogP contribution in [0.3, 0.4) is 0 Å². The van der Waals surface area contributed by atoms with Crippen LogP contribution < -0.4 is 0 Å². The number of unbranched alkanes of at least 4 members (excludes halogenated alkanes) is 4. The number of carboxylic acids is 1. The van der Waals surface area contributed by atoms with Gasteiger partial charge in [-0.15, -0.1) is 0 Å². The Morgan fingerprint density at radius 2 is 1.71 bits per heavy atom. The van der Waals surface area contributed by atoms with Gasteiger partial charge >= 0.3 is 5.97 Å². The van der Waals surface area contributed by atoms with Gasteiger partial charge in [0.15, 0.2) is 0 Å². The fourth-order valence-corrected chi connectivity index (χ4v) is 2.19. The minimum Gasteiger partial charge on any atom is -0.481 e. The van der Waals surface area contributed by atoms with Gasteiger partial charge in [-0.05, 0) is 25.7 Å². The fourth-order valence-electron chi connectivity index (χ4n) is 2.19. The van der Waals surface area contributed by atoms with Gasteiger partial charge in [0.2, 0.25) is 0 Å². The molecule has 0 fully saturated rings. The molecule has 118 valence electrons. The molecule has 3 nitrogen and oxygen atoms in total. The molecule has 1 aliphatic heterocycles. The van der Waals surface area contributed by atoms with Crippen LogP contribution in [0.15, 0.2) is 35.8 Å². The number of carboxylic acid groups (broad SMARTS) is 1. The molecule has 3 heteroatoms. The molecule has 0 saturated heterocycles. The van der Waals surface area contributed by atoms with Crippen molar-refractivity contribution >= 4 is 5.97 Å². The summed E-state index contributed by atoms with van der Waals surface area (Å²) in [4.78, 5) is 10.3. The van der Waals surface area contributed by atoms with Crippen LogP contribution in [0, 0.1) is 0 Å². The molecule has 0 aromatic rings. The first kappa shape index (κ1) is 17.5. The van der Waals surface area contributed by atoms with E-state index in [2.05, 4.69) is 31.2 Å². The third-order valence-corrected chi connectivity index (χ3v) is 3.45. The quantitative estimate of drug-likeness (QED) is 0.368. The van der Waals surface area contributed by atoms with E-state index in [0.29, 0.717) is 6.42 Å². The second-order valence-electron chi connectivity index (χ2n) is 5.40. The minimum atomic E-state index is -0.686. The summed E-state index contributed by atoms with van der Waals surface area (Å²) in [5.41, 5.74) is 0. The van der Waals surface area contributed by atoms with Gasteiger partial charge in [0.1, 0.15) is 11.5 Å². The zero-order valence-corrected chi connectivity index (χ0v) is 13.1. The largest absolute Gasteiger partial charge is 0.481 e. The Bertz CT molecular complexity index is 391. The first-order valence-corrected chi connectivity index (χ1v) is 8.15. The summed E-state index contributed by atoms with van der Waals surface area (Å²) >= 11 is 0. The molecule has 0 spiro atoms. The van der Waals surface area contributed by atoms with Crippen molar-refractivity contribution in [2.45, 2.75) is 71.1 Å². The number of allylic oxidation sites excluding steroid dienone is 5. The predicted octanol–water partition coefficient (Wildman–Crippen LogP) is 5.35. The molecular weight excluding hydrogens is 264 g/mol. The first-order chi connectivity index (χ1) is 10.2. The van der Waals surface area contributed by atoms with Gasteiger partial charge in [0.25, 0.3) is 0 Å². The number of carbonyl (C=O) groups is 1. The van der Waals surface area contributed by atoms with E-state index in [-0.39, 0.29) is 0 Å². The molecule has 0 saturated carbocycles. The number of hydrogen-bond donors (Lipinski definition) is 1. The van der Waals surface area contributed by atoms with E-state index in [0.717, 1.165) is 63.5 Å². The van der Waals surface area contributed by atoms with Crippen LogP contribution in [0.5, 0.6) is 0 Å². The van der Waals surface area contributed by atoms with Crippen molar-refractivity contribution < 1.29 is 14.6 Å². The monoisotopic (exact) mass is 292 g/mol. The van der Waals surface area contributed by atoms with Crippen LogP contribution in [-0.4, -0.2) is 11.1 Å². The second-order valence-corrected chi connectivity index (χ2v) is 5.40. The Hall–Kier alpha value is -1.51. The summed E-state index contributed by atoms with van der Waals surface area (Å²) in [6, 6.07) is 0. The smallest absolute Gasteiger partial charge is 0.303 e. The van der Waals surface area contributed by atoms with Gasteiger partial charge < -0.3 is 9.84 Å². The number of ether oxygens (including phenoxy) is 1. The average molecular weight is 292 g/mol. The third-order valence-electron chi connectivity index (χ3n) is 3.45. The van der Waals surface area contributed by atoms with Crippen molar-refractivity contribution in [1.82, 2.24) is 0 Å². The molecule has 21 heavy (non-hydrogen) atoms. The topological polar surface area (TPSA) is 49.8 Å². The van der Waals surface area contributed by atoms with Gasteiger partial charge in [-0.1, -0.05) is 50.5 Å². The molecule has 1 rings (SSSR count). The predicted molar refractivity (Wildman–Crippen MR) is 85.9 cm³/mol. The Morgan fingerprint density at radius 3 is 2.48 bits per heavy atom. The van der Waals surface area contributed by atoms with Crippen LogP contribution in [0.25, 0.3) is 0 Å². The van der Waals surface area contributed by atoms with E-state index < -0.39 is 5.97 Å². The Kier molecular flexibility index (Phi) is 9.34. The normalized spacial score (nSPS) is 14.1. The van der Waals surface area contributed by atoms with Gasteiger partial charge in [-0.2, -0.15) is 0 Å². The zero-order valence-electron chi connectivity index (χ0n) is 13.1. The number of rotatable bonds is 13. The van der Waals surface area contributed by atoms with Crippen LogP contribution >= 0.6 is 0 Å². The maximum atomic E-state index is 10.3. The van der Waals surface area contributed by atoms with Gasteiger partial charge in [-0.25, -0.2) is 0 Å². The van der Waals surface area contributed by atoms with Crippen molar-refractivity contribution in [2.75, 3.05) is 0 Å². The maximum absolute atomic E-state index is 10.3. The van der Waals surface area contributed by atoms with Gasteiger partial charge in [-0.3, -0.25) is 4.79 Å². The van der Waals surface area contributed by atoms with E-state index in [1.54, 1.807) is 0 Å². The molecule has 0 aromatic carbocycles. The Morgan fingerprint density at radius 1 is 1.00 bits per heavy atom. The van der Waals surface area contributed by atoms with Crippen molar-refractivity contribution in [2.24, 2.45) is 0 Å². The number of aliphatic carboxylic acids is 1. The average Bonchev–Trinajstić information content (AvgIpc) is 3.20. The van der Waals surface area contributed by atoms with E-state index in [4.69, 9.17) is 9.84 Å². The maximum Gasteiger partial charge on any atom is 0.303 e. The summed E-state index contributed by atoms with van der Waals surface area (Å²) in [5, 5.41) is 8.53. The van der Waals surface area contributed by atoms with Crippen molar-refractivity contribution in [3.63, 3.8) is 0 Å². The van der Waals surface area contributed by atoms with E-state index in [1.807, 2.05) is 0 Å². The first-order valence-electron chi connectivity index (χ1n) is 8.15. The molecule has 1 N–H and O–H groups in total. The molecule has 0 unspecified atom stereocenters. The highest BCUT2D eigenvalue weighted by atomic mass is 16.6. The van der Waals surface area contributed by atoms with E-state index >= 15 is 0 Å². The zero-order chi connectivity index (χ0) is 15.3. The van der Waals surface area contributed by atoms with Crippen LogP contribution in [0.1, 0.15) is 71.1 Å². The number of hydrogen-bond acceptors (Lipinski definition) is 2. The lowest BCUT2D eigenvalue weighted by atomic mass is 10.1. The molecule has 0 amide bonds. The lowest BCUT2D eigenvalue weighted by molar-refractivity contribution is -0.137. The summed E-state index contributed by atoms with van der Waals surface area (Å²) in [6.45, 7) is 2.14. The molecule has 0 radical (unpaired) electrons. The highest BCUT2D eigenvalue weighted by molar-refractivity contribution is 5.66. The molecular formula is C18H28O3. The summed E-state index contributed by atoms with van der Waals surface area (Å²) in [5.74, 6) is 1.64. The second kappa shape index (κ2) is 11.2. The molecule has 0 aliphatic carbocycles. The van der Waals surface area contributed by atoms with E-state index in [1.165, 1.54) is 5.76 Å². The van der Waals surface area contributed by atoms with Crippen molar-refractivity contribution in [3.05, 3.63) is 35.8 Å². The van der Waals surface area contributed by atoms with Crippen molar-refractivity contribution in [1.29, 1.82) is 0 Å². The van der Waals surface area contributed by atoms with Crippen LogP contribution in [0.2, 0.25) is 0 Å². The summed E-state index contributed by atoms with van der Waals surface area (Å²) < 4.78 is 5.49. The lowest BCUT2D eigenvalue weighted by Crippen LogP contribution is -1.93. The van der Waals surface area contributed by atoms with Crippen LogP contribution in [-0.2, 0) is 9.53 Å². The summed E-state index contributed by atoms with van der Waals surface area (Å²) in [7, 11) is 0. The molecule has 0 bridgehead atoms. The van der Waals surface area contributed by atoms with Crippen molar-refractivity contribution in [3.8, 4) is 0 Å². The summed E-state index contributed by atoms with van der Waals surface area (Å²) in [6.07, 6.45) is 18.4. The van der Waals surface area contributed by atoms with Crippen LogP contribution in [0.4, 0.5) is 0 Å². The SMILES string of the molecule is CCC=CCC=CCC1=C(CCCCCCCC(=O)O)O1. The minimum absolute atomic E-state index is 0.304. The third kappa shape index (κ3) is 9.94. The standard InChI is InChI=1S/C18H28O3/c1-2-3-4-5-7-10-13-16-17(21-16)14-11-8-6-9-12-15-18(19)20/h3-4,7,10H,2,5-6,8-9,11-15H2,1H3,(H,19,20). The highest BCUT2D eigenvalue weighted by Crippen LogP contribution is 2.33. The molecule has 1 aliphatic rings.